The normalized spacial score (nSPS) is 13.8. The molecule has 1 amide bonds. The fraction of sp³-hybridized carbons (Fsp3) is 0.143. The van der Waals surface area contributed by atoms with Crippen LogP contribution in [0.2, 0.25) is 5.02 Å². The van der Waals surface area contributed by atoms with E-state index in [1.165, 1.54) is 0 Å². The molecular weight excluding hydrogens is 248 g/mol. The van der Waals surface area contributed by atoms with Gasteiger partial charge in [0.25, 0.3) is 0 Å². The fourth-order valence-corrected chi connectivity index (χ4v) is 2.33. The van der Waals surface area contributed by atoms with E-state index in [1.54, 1.807) is 11.1 Å². The minimum Gasteiger partial charge on any atom is -0.292 e. The Balaban J connectivity index is 1.93. The van der Waals surface area contributed by atoms with Crippen molar-refractivity contribution in [3.05, 3.63) is 58.7 Å². The van der Waals surface area contributed by atoms with Crippen LogP contribution in [0.5, 0.6) is 0 Å². The number of rotatable bonds is 2. The van der Waals surface area contributed by atoms with E-state index < -0.39 is 0 Å². The smallest absolute Gasteiger partial charge is 0.233 e. The van der Waals surface area contributed by atoms with Crippen molar-refractivity contribution in [1.82, 2.24) is 4.98 Å². The average Bonchev–Trinajstić information content (AvgIpc) is 2.66. The van der Waals surface area contributed by atoms with Gasteiger partial charge in [0, 0.05) is 11.8 Å². The van der Waals surface area contributed by atoms with Crippen molar-refractivity contribution in [3.8, 4) is 0 Å². The largest absolute Gasteiger partial charge is 0.292 e. The molecule has 0 radical (unpaired) electrons. The maximum atomic E-state index is 12.0. The van der Waals surface area contributed by atoms with Crippen LogP contribution in [0.3, 0.4) is 0 Å². The van der Waals surface area contributed by atoms with Crippen molar-refractivity contribution in [2.24, 2.45) is 0 Å². The van der Waals surface area contributed by atoms with Gasteiger partial charge in [-0.2, -0.15) is 0 Å². The third-order valence-corrected chi connectivity index (χ3v) is 3.20. The van der Waals surface area contributed by atoms with Crippen LogP contribution in [0.15, 0.2) is 42.6 Å². The lowest BCUT2D eigenvalue weighted by Gasteiger charge is -2.16. The third kappa shape index (κ3) is 1.97. The lowest BCUT2D eigenvalue weighted by molar-refractivity contribution is -0.117. The quantitative estimate of drug-likeness (QED) is 0.830. The number of aromatic nitrogens is 1. The predicted octanol–water partition coefficient (Wildman–Crippen LogP) is 2.82. The first-order chi connectivity index (χ1) is 8.74. The lowest BCUT2D eigenvalue weighted by atomic mass is 10.2. The summed E-state index contributed by atoms with van der Waals surface area (Å²) >= 11 is 5.89. The molecule has 90 valence electrons. The Morgan fingerprint density at radius 1 is 1.28 bits per heavy atom. The first kappa shape index (κ1) is 11.2. The summed E-state index contributed by atoms with van der Waals surface area (Å²) in [5.41, 5.74) is 2.00. The van der Waals surface area contributed by atoms with Gasteiger partial charge in [-0.25, -0.2) is 4.98 Å². The number of carbonyl (C=O) groups is 1. The summed E-state index contributed by atoms with van der Waals surface area (Å²) in [7, 11) is 0. The van der Waals surface area contributed by atoms with E-state index in [2.05, 4.69) is 4.98 Å². The zero-order valence-corrected chi connectivity index (χ0v) is 10.4. The van der Waals surface area contributed by atoms with Gasteiger partial charge in [-0.1, -0.05) is 41.9 Å². The molecule has 0 unspecified atom stereocenters. The van der Waals surface area contributed by atoms with Gasteiger partial charge >= 0.3 is 0 Å². The van der Waals surface area contributed by atoms with Crippen molar-refractivity contribution in [2.75, 3.05) is 4.90 Å². The highest BCUT2D eigenvalue weighted by Gasteiger charge is 2.28. The molecule has 2 heterocycles. The predicted molar refractivity (Wildman–Crippen MR) is 70.6 cm³/mol. The fourth-order valence-electron chi connectivity index (χ4n) is 2.15. The van der Waals surface area contributed by atoms with Crippen LogP contribution < -0.4 is 4.90 Å². The van der Waals surface area contributed by atoms with Crippen LogP contribution in [0.1, 0.15) is 11.1 Å². The van der Waals surface area contributed by atoms with E-state index in [9.17, 15) is 4.79 Å². The average molecular weight is 259 g/mol. The Bertz CT molecular complexity index is 598. The highest BCUT2D eigenvalue weighted by Crippen LogP contribution is 2.29. The maximum Gasteiger partial charge on any atom is 0.233 e. The van der Waals surface area contributed by atoms with Gasteiger partial charge in [0.15, 0.2) is 0 Å². The molecule has 0 atom stereocenters. The van der Waals surface area contributed by atoms with Gasteiger partial charge in [-0.15, -0.1) is 0 Å². The second-order valence-electron chi connectivity index (χ2n) is 4.28. The molecule has 0 saturated heterocycles. The first-order valence-electron chi connectivity index (χ1n) is 5.73. The monoisotopic (exact) mass is 258 g/mol. The summed E-state index contributed by atoms with van der Waals surface area (Å²) in [5, 5.41) is 0.572. The van der Waals surface area contributed by atoms with Gasteiger partial charge in [0.1, 0.15) is 5.82 Å². The van der Waals surface area contributed by atoms with Crippen molar-refractivity contribution >= 4 is 23.3 Å². The molecule has 2 aromatic rings. The SMILES string of the molecule is O=C1Cc2cc(Cl)cnc2N1Cc1ccccc1. The summed E-state index contributed by atoms with van der Waals surface area (Å²) < 4.78 is 0. The molecule has 3 nitrogen and oxygen atoms in total. The molecule has 0 N–H and O–H groups in total. The molecule has 0 aliphatic carbocycles. The Hall–Kier alpha value is -1.87. The van der Waals surface area contributed by atoms with E-state index in [-0.39, 0.29) is 5.91 Å². The van der Waals surface area contributed by atoms with Crippen molar-refractivity contribution in [1.29, 1.82) is 0 Å². The van der Waals surface area contributed by atoms with E-state index >= 15 is 0 Å². The van der Waals surface area contributed by atoms with Gasteiger partial charge in [-0.3, -0.25) is 9.69 Å². The zero-order chi connectivity index (χ0) is 12.5. The number of benzene rings is 1. The number of hydrogen-bond donors (Lipinski definition) is 0. The summed E-state index contributed by atoms with van der Waals surface area (Å²) in [6.45, 7) is 0.557. The highest BCUT2D eigenvalue weighted by molar-refractivity contribution is 6.30. The zero-order valence-electron chi connectivity index (χ0n) is 9.64. The maximum absolute atomic E-state index is 12.0. The van der Waals surface area contributed by atoms with E-state index in [4.69, 9.17) is 11.6 Å². The molecule has 0 fully saturated rings. The molecular formula is C14H11ClN2O. The van der Waals surface area contributed by atoms with Gasteiger partial charge in [-0.05, 0) is 11.6 Å². The van der Waals surface area contributed by atoms with E-state index in [0.717, 1.165) is 16.9 Å². The van der Waals surface area contributed by atoms with E-state index in [1.807, 2.05) is 36.4 Å². The Kier molecular flexibility index (Phi) is 2.76. The molecule has 0 saturated carbocycles. The molecule has 18 heavy (non-hydrogen) atoms. The van der Waals surface area contributed by atoms with Crippen LogP contribution in [-0.2, 0) is 17.8 Å². The van der Waals surface area contributed by atoms with Crippen molar-refractivity contribution < 1.29 is 4.79 Å². The second-order valence-corrected chi connectivity index (χ2v) is 4.71. The topological polar surface area (TPSA) is 33.2 Å². The van der Waals surface area contributed by atoms with Gasteiger partial charge in [0.05, 0.1) is 18.0 Å². The molecule has 3 rings (SSSR count). The minimum absolute atomic E-state index is 0.0728. The van der Waals surface area contributed by atoms with Crippen LogP contribution in [0.25, 0.3) is 0 Å². The van der Waals surface area contributed by atoms with Crippen molar-refractivity contribution in [3.63, 3.8) is 0 Å². The summed E-state index contributed by atoms with van der Waals surface area (Å²) in [6.07, 6.45) is 1.96. The van der Waals surface area contributed by atoms with Crippen molar-refractivity contribution in [2.45, 2.75) is 13.0 Å². The van der Waals surface area contributed by atoms with Crippen LogP contribution in [0, 0.1) is 0 Å². The molecule has 0 spiro atoms. The van der Waals surface area contributed by atoms with E-state index in [0.29, 0.717) is 18.0 Å². The number of anilines is 1. The highest BCUT2D eigenvalue weighted by atomic mass is 35.5. The van der Waals surface area contributed by atoms with Crippen LogP contribution >= 0.6 is 11.6 Å². The number of amides is 1. The number of hydrogen-bond acceptors (Lipinski definition) is 2. The number of nitrogens with zero attached hydrogens (tertiary/aromatic N) is 2. The summed E-state index contributed by atoms with van der Waals surface area (Å²) in [4.78, 5) is 18.0. The summed E-state index contributed by atoms with van der Waals surface area (Å²) in [5.74, 6) is 0.803. The molecule has 1 aliphatic heterocycles. The Morgan fingerprint density at radius 2 is 2.06 bits per heavy atom. The molecule has 1 aromatic heterocycles. The van der Waals surface area contributed by atoms with Crippen LogP contribution in [0.4, 0.5) is 5.82 Å². The number of pyridine rings is 1. The van der Waals surface area contributed by atoms with Gasteiger partial charge in [0.2, 0.25) is 5.91 Å². The molecule has 0 bridgehead atoms. The second kappa shape index (κ2) is 4.42. The Labute approximate surface area is 110 Å². The van der Waals surface area contributed by atoms with Crippen LogP contribution in [-0.4, -0.2) is 10.9 Å². The lowest BCUT2D eigenvalue weighted by Crippen LogP contribution is -2.26. The van der Waals surface area contributed by atoms with Gasteiger partial charge < -0.3 is 0 Å². The minimum atomic E-state index is 0.0728. The summed E-state index contributed by atoms with van der Waals surface area (Å²) in [6, 6.07) is 11.7. The standard InChI is InChI=1S/C14H11ClN2O/c15-12-6-11-7-13(18)17(14(11)16-8-12)9-10-4-2-1-3-5-10/h1-6,8H,7,9H2. The number of fused-ring (bicyclic) bond motifs is 1. The third-order valence-electron chi connectivity index (χ3n) is 2.99. The number of halogens is 1. The molecule has 1 aliphatic rings. The Morgan fingerprint density at radius 3 is 2.83 bits per heavy atom. The molecule has 4 heteroatoms. The molecule has 1 aromatic carbocycles. The number of carbonyl (C=O) groups excluding carboxylic acids is 1. The first-order valence-corrected chi connectivity index (χ1v) is 6.10.